The van der Waals surface area contributed by atoms with Crippen molar-refractivity contribution in [3.8, 4) is 33.4 Å². The van der Waals surface area contributed by atoms with Crippen molar-refractivity contribution in [1.29, 1.82) is 0 Å². The lowest BCUT2D eigenvalue weighted by Gasteiger charge is -2.05. The Morgan fingerprint density at radius 1 is 0.182 bits per heavy atom. The lowest BCUT2D eigenvalue weighted by atomic mass is 9.99. The third kappa shape index (κ3) is 20.9. The Labute approximate surface area is 275 Å². The first-order valence-corrected chi connectivity index (χ1v) is 17.2. The van der Waals surface area contributed by atoms with Gasteiger partial charge in [0.05, 0.1) is 0 Å². The van der Waals surface area contributed by atoms with Gasteiger partial charge >= 0.3 is 0 Å². The molecule has 0 bridgehead atoms. The molecule has 0 N–H and O–H groups in total. The van der Waals surface area contributed by atoms with E-state index >= 15 is 0 Å². The molecule has 5 rings (SSSR count). The van der Waals surface area contributed by atoms with Crippen LogP contribution in [0.5, 0.6) is 0 Å². The summed E-state index contributed by atoms with van der Waals surface area (Å²) in [4.78, 5) is 0. The first-order chi connectivity index (χ1) is 21.9. The van der Waals surface area contributed by atoms with Gasteiger partial charge in [0.25, 0.3) is 0 Å². The van der Waals surface area contributed by atoms with Gasteiger partial charge < -0.3 is 0 Å². The Morgan fingerprint density at radius 2 is 0.341 bits per heavy atom. The molecule has 0 nitrogen and oxygen atoms in total. The van der Waals surface area contributed by atoms with Gasteiger partial charge in [-0.2, -0.15) is 0 Å². The first kappa shape index (κ1) is 47.0. The summed E-state index contributed by atoms with van der Waals surface area (Å²) in [5, 5.41) is 0. The van der Waals surface area contributed by atoms with Crippen LogP contribution >= 0.6 is 0 Å². The largest absolute Gasteiger partial charge is 0.0683 e. The van der Waals surface area contributed by atoms with Gasteiger partial charge in [0, 0.05) is 0 Å². The van der Waals surface area contributed by atoms with Crippen LogP contribution in [0.25, 0.3) is 33.4 Å². The topological polar surface area (TPSA) is 0 Å². The third-order valence-electron chi connectivity index (χ3n) is 4.96. The zero-order chi connectivity index (χ0) is 34.4. The molecule has 0 atom stereocenters. The van der Waals surface area contributed by atoms with Gasteiger partial charge in [-0.25, -0.2) is 0 Å². The van der Waals surface area contributed by atoms with Crippen LogP contribution in [0.4, 0.5) is 0 Å². The van der Waals surface area contributed by atoms with E-state index in [1.165, 1.54) is 33.4 Å². The molecule has 0 spiro atoms. The monoisotopic (exact) mass is 595 g/mol. The van der Waals surface area contributed by atoms with Gasteiger partial charge in [0.1, 0.15) is 0 Å². The van der Waals surface area contributed by atoms with Crippen LogP contribution in [0.2, 0.25) is 0 Å². The molecule has 0 saturated heterocycles. The van der Waals surface area contributed by atoms with Crippen molar-refractivity contribution in [1.82, 2.24) is 0 Å². The average Bonchev–Trinajstić information content (AvgIpc) is 3.19. The van der Waals surface area contributed by atoms with E-state index < -0.39 is 0 Å². The van der Waals surface area contributed by atoms with Gasteiger partial charge in [-0.05, 0) is 39.4 Å². The molecule has 0 saturated carbocycles. The lowest BCUT2D eigenvalue weighted by molar-refractivity contribution is 1.50. The lowest BCUT2D eigenvalue weighted by Crippen LogP contribution is -1.80. The molecule has 0 unspecified atom stereocenters. The minimum absolute atomic E-state index is 1.26. The van der Waals surface area contributed by atoms with E-state index in [2.05, 4.69) is 121 Å². The summed E-state index contributed by atoms with van der Waals surface area (Å²) < 4.78 is 0. The van der Waals surface area contributed by atoms with Crippen LogP contribution in [0.15, 0.2) is 146 Å². The SMILES string of the molecule is CC.CC.CC.CC.CC.CC.CC.c1ccc(-c2cccc(-c3ccccc3)c2)cc1.c1ccc(-c2ccccc2)cc1. The Hall–Kier alpha value is -3.90. The number of rotatable bonds is 3. The van der Waals surface area contributed by atoms with E-state index in [1.54, 1.807) is 0 Å². The van der Waals surface area contributed by atoms with Gasteiger partial charge in [-0.15, -0.1) is 0 Å². The fraction of sp³-hybridized carbons (Fsp3) is 0.318. The van der Waals surface area contributed by atoms with Crippen LogP contribution in [-0.4, -0.2) is 0 Å². The summed E-state index contributed by atoms with van der Waals surface area (Å²) in [7, 11) is 0. The highest BCUT2D eigenvalue weighted by Crippen LogP contribution is 2.26. The smallest absolute Gasteiger partial charge is 0.0178 e. The summed E-state index contributed by atoms with van der Waals surface area (Å²) in [5.74, 6) is 0. The summed E-state index contributed by atoms with van der Waals surface area (Å²) in [6, 6.07) is 50.4. The molecule has 0 heterocycles. The minimum Gasteiger partial charge on any atom is -0.0683 e. The normalized spacial score (nSPS) is 7.77. The summed E-state index contributed by atoms with van der Waals surface area (Å²) in [6.45, 7) is 28.0. The van der Waals surface area contributed by atoms with Crippen molar-refractivity contribution in [2.24, 2.45) is 0 Å². The van der Waals surface area contributed by atoms with Crippen molar-refractivity contribution in [3.63, 3.8) is 0 Å². The van der Waals surface area contributed by atoms with Gasteiger partial charge in [0.15, 0.2) is 0 Å². The summed E-state index contributed by atoms with van der Waals surface area (Å²) >= 11 is 0. The fourth-order valence-electron chi connectivity index (χ4n) is 3.40. The molecule has 44 heavy (non-hydrogen) atoms. The Morgan fingerprint density at radius 3 is 0.545 bits per heavy atom. The molecule has 0 aromatic heterocycles. The van der Waals surface area contributed by atoms with Gasteiger partial charge in [0.2, 0.25) is 0 Å². The maximum Gasteiger partial charge on any atom is -0.0178 e. The van der Waals surface area contributed by atoms with Crippen molar-refractivity contribution in [3.05, 3.63) is 146 Å². The van der Waals surface area contributed by atoms with Crippen LogP contribution in [-0.2, 0) is 0 Å². The Bertz CT molecular complexity index is 1050. The van der Waals surface area contributed by atoms with Gasteiger partial charge in [-0.1, -0.05) is 236 Å². The number of benzene rings is 5. The summed E-state index contributed by atoms with van der Waals surface area (Å²) in [6.07, 6.45) is 0. The van der Waals surface area contributed by atoms with E-state index in [9.17, 15) is 0 Å². The highest BCUT2D eigenvalue weighted by atomic mass is 14.0. The molecule has 5 aromatic rings. The summed E-state index contributed by atoms with van der Waals surface area (Å²) in [5.41, 5.74) is 7.59. The van der Waals surface area contributed by atoms with Crippen molar-refractivity contribution >= 4 is 0 Å². The fourth-order valence-corrected chi connectivity index (χ4v) is 3.40. The van der Waals surface area contributed by atoms with Crippen LogP contribution in [0.1, 0.15) is 96.9 Å². The molecule has 0 fully saturated rings. The van der Waals surface area contributed by atoms with Crippen LogP contribution in [0.3, 0.4) is 0 Å². The zero-order valence-electron chi connectivity index (χ0n) is 30.9. The van der Waals surface area contributed by atoms with Crippen molar-refractivity contribution in [2.75, 3.05) is 0 Å². The first-order valence-electron chi connectivity index (χ1n) is 17.2. The Balaban J connectivity index is -0.000000268. The van der Waals surface area contributed by atoms with Crippen molar-refractivity contribution in [2.45, 2.75) is 96.9 Å². The highest BCUT2D eigenvalue weighted by molar-refractivity contribution is 5.72. The predicted octanol–water partition coefficient (Wildman–Crippen LogP) is 15.6. The second-order valence-electron chi connectivity index (χ2n) is 7.04. The standard InChI is InChI=1S/C18H14.C12H10.7C2H6/c1-3-8-15(9-4-1)17-12-7-13-18(14-17)16-10-5-2-6-11-16;1-3-7-11(8-4-1)12-9-5-2-6-10-12;7*1-2/h1-14H;1-10H;7*1-2H3. The van der Waals surface area contributed by atoms with Crippen LogP contribution < -0.4 is 0 Å². The predicted molar refractivity (Wildman–Crippen MR) is 209 cm³/mol. The maximum atomic E-state index is 2.24. The van der Waals surface area contributed by atoms with E-state index in [1.807, 2.05) is 121 Å². The minimum atomic E-state index is 1.26. The number of hydrogen-bond acceptors (Lipinski definition) is 0. The number of hydrogen-bond donors (Lipinski definition) is 0. The molecule has 0 heteroatoms. The molecule has 0 amide bonds. The average molecular weight is 595 g/mol. The van der Waals surface area contributed by atoms with Crippen LogP contribution in [0, 0.1) is 0 Å². The molecule has 0 radical (unpaired) electrons. The highest BCUT2D eigenvalue weighted by Gasteiger charge is 2.00. The second kappa shape index (κ2) is 39.1. The van der Waals surface area contributed by atoms with E-state index in [0.717, 1.165) is 0 Å². The molecule has 0 aliphatic carbocycles. The van der Waals surface area contributed by atoms with E-state index in [0.29, 0.717) is 0 Å². The van der Waals surface area contributed by atoms with E-state index in [-0.39, 0.29) is 0 Å². The molecule has 0 aliphatic rings. The third-order valence-corrected chi connectivity index (χ3v) is 4.96. The van der Waals surface area contributed by atoms with Gasteiger partial charge in [-0.3, -0.25) is 0 Å². The molecule has 5 aromatic carbocycles. The Kier molecular flexibility index (Phi) is 41.8. The quantitative estimate of drug-likeness (QED) is 0.195. The second-order valence-corrected chi connectivity index (χ2v) is 7.04. The van der Waals surface area contributed by atoms with Crippen molar-refractivity contribution < 1.29 is 0 Å². The zero-order valence-corrected chi connectivity index (χ0v) is 30.9. The maximum absolute atomic E-state index is 2.24. The van der Waals surface area contributed by atoms with E-state index in [4.69, 9.17) is 0 Å². The molecular weight excluding hydrogens is 528 g/mol. The molecule has 0 aliphatic heterocycles. The molecular formula is C44H66. The molecule has 242 valence electrons.